The van der Waals surface area contributed by atoms with Crippen LogP contribution in [-0.2, 0) is 11.2 Å². The third kappa shape index (κ3) is 6.65. The lowest BCUT2D eigenvalue weighted by Crippen LogP contribution is -2.39. The van der Waals surface area contributed by atoms with Crippen LogP contribution in [-0.4, -0.2) is 76.9 Å². The highest BCUT2D eigenvalue weighted by Crippen LogP contribution is 2.26. The highest BCUT2D eigenvalue weighted by atomic mass is 35.5. The van der Waals surface area contributed by atoms with E-state index in [-0.39, 0.29) is 50.1 Å². The molecule has 1 aromatic carbocycles. The van der Waals surface area contributed by atoms with Crippen molar-refractivity contribution in [2.24, 2.45) is 0 Å². The van der Waals surface area contributed by atoms with E-state index in [1.54, 1.807) is 11.1 Å². The molecule has 9 heteroatoms. The molecule has 0 unspecified atom stereocenters. The number of likely N-dealkylation sites (N-methyl/N-ethyl adjacent to an activating group) is 1. The van der Waals surface area contributed by atoms with Crippen LogP contribution in [0, 0.1) is 0 Å². The molecule has 0 radical (unpaired) electrons. The van der Waals surface area contributed by atoms with Crippen molar-refractivity contribution in [3.05, 3.63) is 46.4 Å². The standard InChI is InChI=1S/C20H27N3O4S.ClH/c1-22(20(26)12-19-21-7-11-28-19)18(14-23-8-6-16(25)13-23)15-2-4-17(5-3-15)27-10-9-24;/h2-5,7,11,16,18,24-25H,6,8-10,12-14H2,1H3;1H/t16-,18+;/m0./s1. The minimum atomic E-state index is -0.300. The van der Waals surface area contributed by atoms with Gasteiger partial charge in [0.2, 0.25) is 5.91 Å². The highest BCUT2D eigenvalue weighted by molar-refractivity contribution is 7.09. The lowest BCUT2D eigenvalue weighted by molar-refractivity contribution is -0.131. The van der Waals surface area contributed by atoms with Crippen LogP contribution in [0.5, 0.6) is 5.75 Å². The quantitative estimate of drug-likeness (QED) is 0.616. The summed E-state index contributed by atoms with van der Waals surface area (Å²) in [5, 5.41) is 21.4. The van der Waals surface area contributed by atoms with Gasteiger partial charge in [-0.3, -0.25) is 9.69 Å². The molecular weight excluding hydrogens is 414 g/mol. The molecule has 0 bridgehead atoms. The van der Waals surface area contributed by atoms with Gasteiger partial charge in [0.1, 0.15) is 17.4 Å². The Kier molecular flexibility index (Phi) is 9.32. The number of carbonyl (C=O) groups is 1. The molecule has 1 fully saturated rings. The van der Waals surface area contributed by atoms with Crippen molar-refractivity contribution in [2.75, 3.05) is 39.9 Å². The first-order valence-corrected chi connectivity index (χ1v) is 10.3. The number of amides is 1. The summed E-state index contributed by atoms with van der Waals surface area (Å²) in [5.41, 5.74) is 1.01. The van der Waals surface area contributed by atoms with E-state index in [0.717, 1.165) is 23.5 Å². The fourth-order valence-electron chi connectivity index (χ4n) is 3.39. The Morgan fingerprint density at radius 1 is 1.41 bits per heavy atom. The summed E-state index contributed by atoms with van der Waals surface area (Å²) in [5.74, 6) is 0.699. The smallest absolute Gasteiger partial charge is 0.229 e. The van der Waals surface area contributed by atoms with Gasteiger partial charge in [-0.2, -0.15) is 0 Å². The molecule has 0 aliphatic carbocycles. The normalized spacial score (nSPS) is 17.6. The number of thiazole rings is 1. The SMILES string of the molecule is CN(C(=O)Cc1nccs1)[C@H](CN1CC[C@H](O)C1)c1ccc(OCCO)cc1.Cl. The van der Waals surface area contributed by atoms with Gasteiger partial charge in [-0.05, 0) is 24.1 Å². The van der Waals surface area contributed by atoms with E-state index in [4.69, 9.17) is 9.84 Å². The monoisotopic (exact) mass is 441 g/mol. The van der Waals surface area contributed by atoms with Gasteiger partial charge >= 0.3 is 0 Å². The number of likely N-dealkylation sites (tertiary alicyclic amines) is 1. The van der Waals surface area contributed by atoms with E-state index in [9.17, 15) is 9.90 Å². The van der Waals surface area contributed by atoms with Crippen LogP contribution in [0.2, 0.25) is 0 Å². The zero-order valence-electron chi connectivity index (χ0n) is 16.4. The number of halogens is 1. The molecule has 2 aromatic rings. The van der Waals surface area contributed by atoms with Crippen LogP contribution in [0.1, 0.15) is 23.0 Å². The third-order valence-electron chi connectivity index (χ3n) is 4.95. The van der Waals surface area contributed by atoms with Crippen LogP contribution in [0.25, 0.3) is 0 Å². The van der Waals surface area contributed by atoms with Gasteiger partial charge in [-0.15, -0.1) is 23.7 Å². The Balaban J connectivity index is 0.00000300. The minimum absolute atomic E-state index is 0. The number of aromatic nitrogens is 1. The van der Waals surface area contributed by atoms with Gasteiger partial charge in [0.15, 0.2) is 0 Å². The van der Waals surface area contributed by atoms with Crippen molar-refractivity contribution in [3.8, 4) is 5.75 Å². The molecular formula is C20H28ClN3O4S. The highest BCUT2D eigenvalue weighted by Gasteiger charge is 2.28. The van der Waals surface area contributed by atoms with Crippen molar-refractivity contribution >= 4 is 29.7 Å². The second-order valence-corrected chi connectivity index (χ2v) is 7.95. The summed E-state index contributed by atoms with van der Waals surface area (Å²) in [7, 11) is 1.82. The first-order chi connectivity index (χ1) is 13.6. The van der Waals surface area contributed by atoms with Gasteiger partial charge in [0.25, 0.3) is 0 Å². The maximum absolute atomic E-state index is 12.8. The molecule has 2 N–H and O–H groups in total. The van der Waals surface area contributed by atoms with E-state index in [1.807, 2.05) is 36.7 Å². The predicted molar refractivity (Wildman–Crippen MR) is 115 cm³/mol. The Morgan fingerprint density at radius 3 is 2.76 bits per heavy atom. The number of β-amino-alcohol motifs (C(OH)–C–C–N with tert-alkyl or cyclic N) is 1. The Labute approximate surface area is 181 Å². The number of hydrogen-bond donors (Lipinski definition) is 2. The third-order valence-corrected chi connectivity index (χ3v) is 5.73. The average Bonchev–Trinajstić information content (AvgIpc) is 3.36. The van der Waals surface area contributed by atoms with Gasteiger partial charge in [-0.1, -0.05) is 12.1 Å². The number of aliphatic hydroxyl groups is 2. The fourth-order valence-corrected chi connectivity index (χ4v) is 4.00. The van der Waals surface area contributed by atoms with Crippen molar-refractivity contribution in [1.29, 1.82) is 0 Å². The maximum atomic E-state index is 12.8. The summed E-state index contributed by atoms with van der Waals surface area (Å²) in [4.78, 5) is 21.0. The molecule has 0 saturated carbocycles. The zero-order chi connectivity index (χ0) is 19.9. The minimum Gasteiger partial charge on any atom is -0.491 e. The Morgan fingerprint density at radius 2 is 2.17 bits per heavy atom. The first-order valence-electron chi connectivity index (χ1n) is 9.45. The molecule has 160 valence electrons. The van der Waals surface area contributed by atoms with Crippen LogP contribution in [0.15, 0.2) is 35.8 Å². The molecule has 29 heavy (non-hydrogen) atoms. The van der Waals surface area contributed by atoms with E-state index >= 15 is 0 Å². The second kappa shape index (κ2) is 11.5. The molecule has 2 heterocycles. The van der Waals surface area contributed by atoms with E-state index in [2.05, 4.69) is 9.88 Å². The van der Waals surface area contributed by atoms with Gasteiger partial charge in [-0.25, -0.2) is 4.98 Å². The van der Waals surface area contributed by atoms with E-state index in [0.29, 0.717) is 18.8 Å². The summed E-state index contributed by atoms with van der Waals surface area (Å²) in [6.45, 7) is 2.33. The van der Waals surface area contributed by atoms with Crippen molar-refractivity contribution < 1.29 is 19.7 Å². The largest absolute Gasteiger partial charge is 0.491 e. The molecule has 7 nitrogen and oxygen atoms in total. The van der Waals surface area contributed by atoms with Crippen LogP contribution in [0.4, 0.5) is 0 Å². The number of benzene rings is 1. The van der Waals surface area contributed by atoms with Gasteiger partial charge in [0, 0.05) is 38.3 Å². The number of rotatable bonds is 9. The molecule has 1 aliphatic rings. The summed E-state index contributed by atoms with van der Waals surface area (Å²) < 4.78 is 5.43. The van der Waals surface area contributed by atoms with Crippen LogP contribution < -0.4 is 4.74 Å². The molecule has 3 rings (SSSR count). The Hall–Kier alpha value is -1.71. The van der Waals surface area contributed by atoms with Crippen LogP contribution >= 0.6 is 23.7 Å². The number of nitrogens with zero attached hydrogens (tertiary/aromatic N) is 3. The second-order valence-electron chi connectivity index (χ2n) is 6.97. The van der Waals surface area contributed by atoms with Crippen LogP contribution in [0.3, 0.4) is 0 Å². The Bertz CT molecular complexity index is 745. The van der Waals surface area contributed by atoms with E-state index in [1.165, 1.54) is 11.3 Å². The summed E-state index contributed by atoms with van der Waals surface area (Å²) >= 11 is 1.48. The summed E-state index contributed by atoms with van der Waals surface area (Å²) in [6.07, 6.45) is 2.45. The predicted octanol–water partition coefficient (Wildman–Crippen LogP) is 1.74. The number of aliphatic hydroxyl groups excluding tert-OH is 2. The molecule has 1 aliphatic heterocycles. The maximum Gasteiger partial charge on any atom is 0.229 e. The van der Waals surface area contributed by atoms with Crippen molar-refractivity contribution in [2.45, 2.75) is 25.0 Å². The molecule has 1 amide bonds. The topological polar surface area (TPSA) is 86.1 Å². The first kappa shape index (κ1) is 23.6. The lowest BCUT2D eigenvalue weighted by Gasteiger charge is -2.32. The summed E-state index contributed by atoms with van der Waals surface area (Å²) in [6, 6.07) is 7.49. The van der Waals surface area contributed by atoms with Gasteiger partial charge in [0.05, 0.1) is 25.2 Å². The van der Waals surface area contributed by atoms with Gasteiger partial charge < -0.3 is 19.8 Å². The number of ether oxygens (including phenoxy) is 1. The molecule has 1 saturated heterocycles. The molecule has 0 spiro atoms. The van der Waals surface area contributed by atoms with E-state index < -0.39 is 0 Å². The number of hydrogen-bond acceptors (Lipinski definition) is 7. The average molecular weight is 442 g/mol. The van der Waals surface area contributed by atoms with Crippen molar-refractivity contribution in [3.63, 3.8) is 0 Å². The molecule has 2 atom stereocenters. The van der Waals surface area contributed by atoms with Crippen molar-refractivity contribution in [1.82, 2.24) is 14.8 Å². The number of carbonyl (C=O) groups excluding carboxylic acids is 1. The zero-order valence-corrected chi connectivity index (χ0v) is 18.1. The fraction of sp³-hybridized carbons (Fsp3) is 0.500. The molecule has 1 aromatic heterocycles. The lowest BCUT2D eigenvalue weighted by atomic mass is 10.0.